The van der Waals surface area contributed by atoms with Gasteiger partial charge in [0.15, 0.2) is 0 Å². The fourth-order valence-electron chi connectivity index (χ4n) is 3.25. The van der Waals surface area contributed by atoms with Crippen molar-refractivity contribution < 1.29 is 0 Å². The van der Waals surface area contributed by atoms with Crippen LogP contribution in [0.3, 0.4) is 0 Å². The molecule has 0 heterocycles. The molecule has 0 amide bonds. The van der Waals surface area contributed by atoms with E-state index in [2.05, 4.69) is 44.0 Å². The van der Waals surface area contributed by atoms with Gasteiger partial charge in [0.05, 0.1) is 0 Å². The zero-order valence-electron chi connectivity index (χ0n) is 11.9. The molecule has 0 radical (unpaired) electrons. The van der Waals surface area contributed by atoms with Crippen molar-refractivity contribution in [2.24, 2.45) is 5.73 Å². The predicted molar refractivity (Wildman–Crippen MR) is 77.6 cm³/mol. The van der Waals surface area contributed by atoms with Gasteiger partial charge in [0.25, 0.3) is 0 Å². The Morgan fingerprint density at radius 2 is 1.72 bits per heavy atom. The molecule has 18 heavy (non-hydrogen) atoms. The molecule has 1 saturated carbocycles. The van der Waals surface area contributed by atoms with Crippen molar-refractivity contribution in [3.05, 3.63) is 34.9 Å². The van der Waals surface area contributed by atoms with E-state index in [0.717, 1.165) is 6.54 Å². The van der Waals surface area contributed by atoms with E-state index in [0.29, 0.717) is 12.1 Å². The normalized spacial score (nSPS) is 24.5. The third kappa shape index (κ3) is 3.33. The van der Waals surface area contributed by atoms with Gasteiger partial charge in [0, 0.05) is 18.6 Å². The van der Waals surface area contributed by atoms with Crippen molar-refractivity contribution in [2.45, 2.75) is 58.2 Å². The first-order chi connectivity index (χ1) is 8.56. The number of hydrogen-bond donors (Lipinski definition) is 1. The summed E-state index contributed by atoms with van der Waals surface area (Å²) in [5.41, 5.74) is 10.4. The smallest absolute Gasteiger partial charge is 0.0247 e. The molecule has 1 fully saturated rings. The van der Waals surface area contributed by atoms with Crippen molar-refractivity contribution in [1.29, 1.82) is 0 Å². The van der Waals surface area contributed by atoms with E-state index in [4.69, 9.17) is 5.73 Å². The summed E-state index contributed by atoms with van der Waals surface area (Å²) in [5.74, 6) is 0. The maximum Gasteiger partial charge on any atom is 0.0247 e. The van der Waals surface area contributed by atoms with Gasteiger partial charge in [-0.25, -0.2) is 0 Å². The third-order valence-electron chi connectivity index (χ3n) is 4.06. The van der Waals surface area contributed by atoms with Crippen LogP contribution in [-0.2, 0) is 6.54 Å². The summed E-state index contributed by atoms with van der Waals surface area (Å²) < 4.78 is 0. The molecule has 2 heteroatoms. The Morgan fingerprint density at radius 1 is 1.11 bits per heavy atom. The minimum Gasteiger partial charge on any atom is -0.326 e. The second-order valence-electron chi connectivity index (χ2n) is 5.93. The molecule has 2 nitrogen and oxygen atoms in total. The molecule has 1 aliphatic carbocycles. The van der Waals surface area contributed by atoms with Crippen LogP contribution in [0.5, 0.6) is 0 Å². The summed E-state index contributed by atoms with van der Waals surface area (Å²) in [6, 6.07) is 7.72. The minimum absolute atomic E-state index is 0.356. The van der Waals surface area contributed by atoms with Gasteiger partial charge < -0.3 is 5.73 Å². The van der Waals surface area contributed by atoms with Gasteiger partial charge in [-0.2, -0.15) is 0 Å². The Kier molecular flexibility index (Phi) is 4.41. The summed E-state index contributed by atoms with van der Waals surface area (Å²) in [7, 11) is 2.22. The fourth-order valence-corrected chi connectivity index (χ4v) is 3.25. The lowest BCUT2D eigenvalue weighted by molar-refractivity contribution is 0.162. The predicted octanol–water partition coefficient (Wildman–Crippen LogP) is 3.01. The van der Waals surface area contributed by atoms with Crippen LogP contribution in [0, 0.1) is 13.8 Å². The second-order valence-corrected chi connectivity index (χ2v) is 5.93. The molecule has 0 spiro atoms. The van der Waals surface area contributed by atoms with Gasteiger partial charge in [-0.05, 0) is 39.3 Å². The van der Waals surface area contributed by atoms with E-state index in [9.17, 15) is 0 Å². The zero-order valence-corrected chi connectivity index (χ0v) is 11.9. The fraction of sp³-hybridized carbons (Fsp3) is 0.625. The molecule has 0 saturated heterocycles. The lowest BCUT2D eigenvalue weighted by Gasteiger charge is -2.36. The number of nitrogens with two attached hydrogens (primary N) is 1. The summed E-state index contributed by atoms with van der Waals surface area (Å²) in [6.45, 7) is 5.35. The lowest BCUT2D eigenvalue weighted by atomic mass is 9.90. The maximum absolute atomic E-state index is 6.25. The van der Waals surface area contributed by atoms with Crippen LogP contribution in [0.25, 0.3) is 0 Å². The molecule has 0 bridgehead atoms. The average Bonchev–Trinajstić information content (AvgIpc) is 2.27. The van der Waals surface area contributed by atoms with Gasteiger partial charge >= 0.3 is 0 Å². The van der Waals surface area contributed by atoms with Crippen LogP contribution in [-0.4, -0.2) is 24.0 Å². The van der Waals surface area contributed by atoms with Crippen LogP contribution >= 0.6 is 0 Å². The summed E-state index contributed by atoms with van der Waals surface area (Å²) >= 11 is 0. The molecular weight excluding hydrogens is 220 g/mol. The van der Waals surface area contributed by atoms with E-state index in [1.54, 1.807) is 0 Å². The van der Waals surface area contributed by atoms with E-state index in [-0.39, 0.29) is 0 Å². The van der Waals surface area contributed by atoms with Crippen molar-refractivity contribution in [3.63, 3.8) is 0 Å². The Morgan fingerprint density at radius 3 is 2.33 bits per heavy atom. The first-order valence-electron chi connectivity index (χ1n) is 7.09. The highest BCUT2D eigenvalue weighted by atomic mass is 15.1. The van der Waals surface area contributed by atoms with Crippen molar-refractivity contribution in [1.82, 2.24) is 4.90 Å². The highest BCUT2D eigenvalue weighted by Crippen LogP contribution is 2.22. The van der Waals surface area contributed by atoms with Crippen LogP contribution < -0.4 is 5.73 Å². The average molecular weight is 246 g/mol. The molecule has 1 aromatic rings. The van der Waals surface area contributed by atoms with E-state index in [1.165, 1.54) is 42.4 Å². The number of likely N-dealkylation sites (N-methyl/N-ethyl adjacent to an activating group) is 1. The molecule has 0 aromatic heterocycles. The Hall–Kier alpha value is -0.860. The summed E-state index contributed by atoms with van der Waals surface area (Å²) in [6.07, 6.45) is 5.06. The number of nitrogens with zero attached hydrogens (tertiary/aromatic N) is 1. The molecule has 2 N–H and O–H groups in total. The molecule has 100 valence electrons. The monoisotopic (exact) mass is 246 g/mol. The molecule has 0 aliphatic heterocycles. The lowest BCUT2D eigenvalue weighted by Crippen LogP contribution is -2.47. The first kappa shape index (κ1) is 13.6. The van der Waals surface area contributed by atoms with Crippen LogP contribution in [0.15, 0.2) is 18.2 Å². The van der Waals surface area contributed by atoms with E-state index in [1.807, 2.05) is 0 Å². The van der Waals surface area contributed by atoms with Gasteiger partial charge in [0.2, 0.25) is 0 Å². The highest BCUT2D eigenvalue weighted by Gasteiger charge is 2.25. The van der Waals surface area contributed by atoms with E-state index >= 15 is 0 Å². The van der Waals surface area contributed by atoms with Crippen molar-refractivity contribution >= 4 is 0 Å². The zero-order chi connectivity index (χ0) is 13.1. The largest absolute Gasteiger partial charge is 0.326 e. The topological polar surface area (TPSA) is 29.3 Å². The van der Waals surface area contributed by atoms with Crippen molar-refractivity contribution in [3.8, 4) is 0 Å². The van der Waals surface area contributed by atoms with Gasteiger partial charge in [0.1, 0.15) is 0 Å². The van der Waals surface area contributed by atoms with Crippen LogP contribution in [0.1, 0.15) is 42.4 Å². The Labute approximate surface area is 111 Å². The standard InChI is InChI=1S/C16H26N2/c1-12-8-13(2)10-14(9-12)11-18(3)16-7-5-4-6-15(16)17/h8-10,15-16H,4-7,11,17H2,1-3H3. The summed E-state index contributed by atoms with van der Waals surface area (Å²) in [4.78, 5) is 2.44. The molecule has 2 rings (SSSR count). The molecular formula is C16H26N2. The SMILES string of the molecule is Cc1cc(C)cc(CN(C)C2CCCCC2N)c1. The van der Waals surface area contributed by atoms with Crippen molar-refractivity contribution in [2.75, 3.05) is 7.05 Å². The Bertz CT molecular complexity index is 380. The number of benzene rings is 1. The van der Waals surface area contributed by atoms with Crippen LogP contribution in [0.4, 0.5) is 0 Å². The molecule has 1 aromatic carbocycles. The van der Waals surface area contributed by atoms with Crippen LogP contribution in [0.2, 0.25) is 0 Å². The Balaban J connectivity index is 2.03. The number of rotatable bonds is 3. The molecule has 1 aliphatic rings. The first-order valence-corrected chi connectivity index (χ1v) is 7.09. The third-order valence-corrected chi connectivity index (χ3v) is 4.06. The number of hydrogen-bond acceptors (Lipinski definition) is 2. The summed E-state index contributed by atoms with van der Waals surface area (Å²) in [5, 5.41) is 0. The minimum atomic E-state index is 0.356. The maximum atomic E-state index is 6.25. The van der Waals surface area contributed by atoms with E-state index < -0.39 is 0 Å². The van der Waals surface area contributed by atoms with Gasteiger partial charge in [-0.3, -0.25) is 4.90 Å². The van der Waals surface area contributed by atoms with Gasteiger partial charge in [-0.1, -0.05) is 42.2 Å². The second kappa shape index (κ2) is 5.85. The highest BCUT2D eigenvalue weighted by molar-refractivity contribution is 5.28. The molecule has 2 atom stereocenters. The quantitative estimate of drug-likeness (QED) is 0.888. The molecule has 2 unspecified atom stereocenters. The van der Waals surface area contributed by atoms with Gasteiger partial charge in [-0.15, -0.1) is 0 Å². The number of aryl methyl sites for hydroxylation is 2.